The monoisotopic (exact) mass is 677 g/mol. The third-order valence-electron chi connectivity index (χ3n) is 10.3. The second kappa shape index (κ2) is 12.5. The van der Waals surface area contributed by atoms with E-state index in [2.05, 4.69) is 104 Å². The number of fused-ring (bicyclic) bond motifs is 4. The van der Waals surface area contributed by atoms with Gasteiger partial charge in [-0.2, -0.15) is 5.26 Å². The Balaban J connectivity index is 1.28. The van der Waals surface area contributed by atoms with Crippen molar-refractivity contribution in [3.63, 3.8) is 0 Å². The zero-order valence-corrected chi connectivity index (χ0v) is 29.2. The average molecular weight is 678 g/mol. The highest BCUT2D eigenvalue weighted by molar-refractivity contribution is 5.96. The fraction of sp³-hybridized carbons (Fsp3) is 0.0625. The van der Waals surface area contributed by atoms with Crippen molar-refractivity contribution in [2.24, 2.45) is 0 Å². The van der Waals surface area contributed by atoms with Gasteiger partial charge in [-0.05, 0) is 87.5 Å². The Morgan fingerprint density at radius 1 is 0.585 bits per heavy atom. The van der Waals surface area contributed by atoms with E-state index in [9.17, 15) is 5.26 Å². The molecule has 0 bridgehead atoms. The molecule has 1 aliphatic carbocycles. The van der Waals surface area contributed by atoms with Gasteiger partial charge in [0.2, 0.25) is 0 Å². The molecule has 8 aromatic rings. The highest BCUT2D eigenvalue weighted by atomic mass is 14.9. The van der Waals surface area contributed by atoms with Crippen molar-refractivity contribution < 1.29 is 0 Å². The van der Waals surface area contributed by atoms with E-state index in [-0.39, 0.29) is 0 Å². The zero-order chi connectivity index (χ0) is 36.1. The van der Waals surface area contributed by atoms with Gasteiger partial charge >= 0.3 is 0 Å². The third-order valence-corrected chi connectivity index (χ3v) is 10.3. The summed E-state index contributed by atoms with van der Waals surface area (Å²) in [6.07, 6.45) is 1.84. The van der Waals surface area contributed by atoms with Crippen molar-refractivity contribution >= 4 is 16.6 Å². The Hall–Kier alpha value is -7.21. The van der Waals surface area contributed by atoms with Gasteiger partial charge < -0.3 is 0 Å². The van der Waals surface area contributed by atoms with E-state index in [1.54, 1.807) is 6.07 Å². The van der Waals surface area contributed by atoms with Gasteiger partial charge in [-0.25, -0.2) is 14.8 Å². The predicted octanol–water partition coefficient (Wildman–Crippen LogP) is 12.1. The van der Waals surface area contributed by atoms with Crippen LogP contribution in [-0.4, -0.2) is 15.0 Å². The van der Waals surface area contributed by atoms with Crippen LogP contribution in [-0.2, 0) is 5.41 Å². The molecule has 1 aliphatic rings. The summed E-state index contributed by atoms with van der Waals surface area (Å²) >= 11 is 0. The van der Waals surface area contributed by atoms with Gasteiger partial charge in [-0.3, -0.25) is 4.98 Å². The Kier molecular flexibility index (Phi) is 7.51. The molecule has 0 N–H and O–H groups in total. The van der Waals surface area contributed by atoms with Crippen molar-refractivity contribution in [1.29, 1.82) is 5.26 Å². The van der Waals surface area contributed by atoms with E-state index in [0.29, 0.717) is 17.1 Å². The van der Waals surface area contributed by atoms with E-state index >= 15 is 0 Å². The van der Waals surface area contributed by atoms with Gasteiger partial charge in [-0.1, -0.05) is 111 Å². The van der Waals surface area contributed by atoms with Gasteiger partial charge in [0.15, 0.2) is 11.5 Å². The van der Waals surface area contributed by atoms with Crippen LogP contribution in [0.2, 0.25) is 0 Å². The van der Waals surface area contributed by atoms with Crippen molar-refractivity contribution in [3.05, 3.63) is 180 Å². The summed E-state index contributed by atoms with van der Waals surface area (Å²) < 4.78 is 0. The van der Waals surface area contributed by atoms with Crippen molar-refractivity contribution in [3.8, 4) is 73.4 Å². The number of rotatable bonds is 5. The number of benzene rings is 6. The molecule has 0 saturated heterocycles. The third kappa shape index (κ3) is 5.44. The molecule has 0 radical (unpaired) electrons. The molecule has 0 unspecified atom stereocenters. The highest BCUT2D eigenvalue weighted by Gasteiger charge is 2.37. The van der Waals surface area contributed by atoms with Crippen LogP contribution in [0.15, 0.2) is 152 Å². The second-order valence-electron chi connectivity index (χ2n) is 13.9. The molecule has 248 valence electrons. The summed E-state index contributed by atoms with van der Waals surface area (Å²) in [5, 5.41) is 10.8. The highest BCUT2D eigenvalue weighted by Crippen LogP contribution is 2.53. The fourth-order valence-corrected chi connectivity index (χ4v) is 7.66. The van der Waals surface area contributed by atoms with Crippen molar-refractivity contribution in [2.45, 2.75) is 19.3 Å². The van der Waals surface area contributed by atoms with E-state index in [1.807, 2.05) is 66.9 Å². The quantitative estimate of drug-likeness (QED) is 0.170. The summed E-state index contributed by atoms with van der Waals surface area (Å²) in [6.45, 7) is 12.3. The number of pyridine rings is 1. The van der Waals surface area contributed by atoms with Gasteiger partial charge in [0, 0.05) is 44.8 Å². The largest absolute Gasteiger partial charge is 0.256 e. The topological polar surface area (TPSA) is 66.8 Å². The lowest BCUT2D eigenvalue weighted by molar-refractivity contribution is 0.660. The van der Waals surface area contributed by atoms with Crippen LogP contribution >= 0.6 is 0 Å². The number of hydrogen-bond acceptors (Lipinski definition) is 4. The van der Waals surface area contributed by atoms with Gasteiger partial charge in [0.05, 0.1) is 29.5 Å². The summed E-state index contributed by atoms with van der Waals surface area (Å²) in [5.41, 5.74) is 14.4. The molecule has 2 heterocycles. The number of nitriles is 1. The Labute approximate surface area is 308 Å². The normalized spacial score (nSPS) is 12.5. The van der Waals surface area contributed by atoms with Crippen LogP contribution in [0.5, 0.6) is 0 Å². The number of nitrogens with zero attached hydrogens (tertiary/aromatic N) is 5. The molecule has 0 fully saturated rings. The van der Waals surface area contributed by atoms with Crippen LogP contribution in [0, 0.1) is 17.9 Å². The lowest BCUT2D eigenvalue weighted by Gasteiger charge is -2.22. The van der Waals surface area contributed by atoms with Crippen LogP contribution in [0.3, 0.4) is 0 Å². The van der Waals surface area contributed by atoms with Crippen LogP contribution in [0.25, 0.3) is 83.0 Å². The van der Waals surface area contributed by atoms with Crippen molar-refractivity contribution in [2.75, 3.05) is 0 Å². The summed E-state index contributed by atoms with van der Waals surface area (Å²) in [5.74, 6) is 0.658. The standard InChI is InChI=1S/C48H31N5/c1-48(2)40-27-34(19-20-39(40)45-41(48)22-30(29-49)23-44(45)50-3)35-24-36(38-18-10-16-32-17-11-21-51-46(32)38)26-37(25-35)43-28-42(31-12-6-4-7-13-31)52-47(53-43)33-14-8-5-9-15-33/h4-28H,1-2H3. The van der Waals surface area contributed by atoms with Crippen LogP contribution < -0.4 is 0 Å². The molecule has 0 atom stereocenters. The Bertz CT molecular complexity index is 2760. The smallest absolute Gasteiger partial charge is 0.196 e. The average Bonchev–Trinajstić information content (AvgIpc) is 3.45. The molecule has 0 saturated carbocycles. The summed E-state index contributed by atoms with van der Waals surface area (Å²) in [4.78, 5) is 18.9. The lowest BCUT2D eigenvalue weighted by Crippen LogP contribution is -2.15. The molecular weight excluding hydrogens is 647 g/mol. The lowest BCUT2D eigenvalue weighted by atomic mass is 9.81. The first kappa shape index (κ1) is 31.7. The fourth-order valence-electron chi connectivity index (χ4n) is 7.66. The van der Waals surface area contributed by atoms with Gasteiger partial charge in [-0.15, -0.1) is 0 Å². The minimum Gasteiger partial charge on any atom is -0.256 e. The molecule has 53 heavy (non-hydrogen) atoms. The minimum absolute atomic E-state index is 0.408. The first-order valence-corrected chi connectivity index (χ1v) is 17.5. The van der Waals surface area contributed by atoms with E-state index in [0.717, 1.165) is 83.5 Å². The molecule has 5 nitrogen and oxygen atoms in total. The summed E-state index contributed by atoms with van der Waals surface area (Å²) in [6, 6.07) is 51.9. The molecule has 2 aromatic heterocycles. The van der Waals surface area contributed by atoms with Crippen LogP contribution in [0.1, 0.15) is 30.5 Å². The second-order valence-corrected chi connectivity index (χ2v) is 13.9. The van der Waals surface area contributed by atoms with Crippen molar-refractivity contribution in [1.82, 2.24) is 15.0 Å². The molecular formula is C48H31N5. The first-order valence-electron chi connectivity index (χ1n) is 17.5. The maximum absolute atomic E-state index is 9.77. The zero-order valence-electron chi connectivity index (χ0n) is 29.2. The first-order chi connectivity index (χ1) is 25.9. The molecule has 0 aliphatic heterocycles. The van der Waals surface area contributed by atoms with Gasteiger partial charge in [0.1, 0.15) is 0 Å². The molecule has 0 amide bonds. The predicted molar refractivity (Wildman–Crippen MR) is 213 cm³/mol. The number of hydrogen-bond donors (Lipinski definition) is 0. The van der Waals surface area contributed by atoms with E-state index in [4.69, 9.17) is 21.5 Å². The van der Waals surface area contributed by atoms with Crippen LogP contribution in [0.4, 0.5) is 5.69 Å². The molecule has 9 rings (SSSR count). The maximum Gasteiger partial charge on any atom is 0.196 e. The SMILES string of the molecule is [C-]#[N+]c1cc(C#N)cc2c1-c1ccc(-c3cc(-c4cc(-c5ccccc5)nc(-c5ccccc5)n4)cc(-c4cccc5cccnc45)c3)cc1C2(C)C. The van der Waals surface area contributed by atoms with Gasteiger partial charge in [0.25, 0.3) is 0 Å². The minimum atomic E-state index is -0.408. The number of aromatic nitrogens is 3. The Morgan fingerprint density at radius 3 is 2.04 bits per heavy atom. The summed E-state index contributed by atoms with van der Waals surface area (Å²) in [7, 11) is 0. The number of para-hydroxylation sites is 1. The van der Waals surface area contributed by atoms with E-state index < -0.39 is 5.41 Å². The molecule has 6 aromatic carbocycles. The maximum atomic E-state index is 9.77. The van der Waals surface area contributed by atoms with E-state index in [1.165, 1.54) is 0 Å². The molecule has 5 heteroatoms. The Morgan fingerprint density at radius 2 is 1.28 bits per heavy atom. The molecule has 0 spiro atoms.